The Balaban J connectivity index is 2.94. The predicted octanol–water partition coefficient (Wildman–Crippen LogP) is 2.78. The lowest BCUT2D eigenvalue weighted by Gasteiger charge is -2.05. The van der Waals surface area contributed by atoms with Gasteiger partial charge in [-0.05, 0) is 29.8 Å². The van der Waals surface area contributed by atoms with Crippen LogP contribution in [-0.4, -0.2) is 6.54 Å². The third kappa shape index (κ3) is 2.30. The predicted molar refractivity (Wildman–Crippen MR) is 55.4 cm³/mol. The quantitative estimate of drug-likeness (QED) is 0.740. The second-order valence-electron chi connectivity index (χ2n) is 2.86. The third-order valence-electron chi connectivity index (χ3n) is 1.79. The van der Waals surface area contributed by atoms with Crippen molar-refractivity contribution in [3.05, 3.63) is 28.7 Å². The summed E-state index contributed by atoms with van der Waals surface area (Å²) in [4.78, 5) is 10.5. The molecule has 0 fully saturated rings. The molecule has 0 aliphatic heterocycles. The molecule has 0 aromatic heterocycles. The van der Waals surface area contributed by atoms with Gasteiger partial charge in [0.1, 0.15) is 5.69 Å². The van der Waals surface area contributed by atoms with Crippen LogP contribution in [0.25, 0.3) is 0 Å². The number of rotatable bonds is 4. The Kier molecular flexibility index (Phi) is 3.62. The highest BCUT2D eigenvalue weighted by Gasteiger charge is 2.02. The molecule has 0 bridgehead atoms. The van der Waals surface area contributed by atoms with E-state index in [1.807, 2.05) is 13.0 Å². The van der Waals surface area contributed by atoms with Gasteiger partial charge in [-0.25, -0.2) is 0 Å². The van der Waals surface area contributed by atoms with Crippen molar-refractivity contribution in [2.75, 3.05) is 11.9 Å². The second kappa shape index (κ2) is 4.97. The van der Waals surface area contributed by atoms with E-state index < -0.39 is 0 Å². The lowest BCUT2D eigenvalue weighted by atomic mass is 10.2. The molecule has 14 heavy (non-hydrogen) atoms. The van der Waals surface area contributed by atoms with Crippen LogP contribution >= 0.6 is 0 Å². The first-order valence-corrected chi connectivity index (χ1v) is 4.43. The van der Waals surface area contributed by atoms with Gasteiger partial charge in [-0.1, -0.05) is 6.92 Å². The fourth-order valence-electron chi connectivity index (χ4n) is 1.09. The Morgan fingerprint density at radius 3 is 2.93 bits per heavy atom. The maximum absolute atomic E-state index is 10.5. The minimum atomic E-state index is 0.289. The molecule has 1 aromatic carbocycles. The first-order chi connectivity index (χ1) is 6.81. The molecule has 0 aliphatic rings. The lowest BCUT2D eigenvalue weighted by Crippen LogP contribution is -1.99. The Bertz CT molecular complexity index is 368. The number of nitriles is 1. The summed E-state index contributed by atoms with van der Waals surface area (Å²) >= 11 is 0. The van der Waals surface area contributed by atoms with Crippen molar-refractivity contribution in [2.24, 2.45) is 5.18 Å². The van der Waals surface area contributed by atoms with Gasteiger partial charge < -0.3 is 5.32 Å². The molecular weight excluding hydrogens is 178 g/mol. The molecule has 0 aliphatic carbocycles. The molecule has 4 heteroatoms. The van der Waals surface area contributed by atoms with E-state index >= 15 is 0 Å². The van der Waals surface area contributed by atoms with E-state index in [0.717, 1.165) is 13.0 Å². The highest BCUT2D eigenvalue weighted by atomic mass is 16.3. The molecule has 0 amide bonds. The normalized spacial score (nSPS) is 9.14. The van der Waals surface area contributed by atoms with E-state index in [0.29, 0.717) is 11.3 Å². The number of benzene rings is 1. The number of hydrogen-bond acceptors (Lipinski definition) is 4. The molecule has 0 atom stereocenters. The number of hydrogen-bond donors (Lipinski definition) is 1. The zero-order chi connectivity index (χ0) is 10.4. The van der Waals surface area contributed by atoms with Gasteiger partial charge in [0, 0.05) is 6.54 Å². The van der Waals surface area contributed by atoms with Crippen LogP contribution < -0.4 is 5.32 Å². The van der Waals surface area contributed by atoms with Crippen LogP contribution in [0.1, 0.15) is 18.9 Å². The summed E-state index contributed by atoms with van der Waals surface area (Å²) in [6.45, 7) is 2.82. The molecule has 0 unspecified atom stereocenters. The summed E-state index contributed by atoms with van der Waals surface area (Å²) < 4.78 is 0. The first-order valence-electron chi connectivity index (χ1n) is 4.43. The van der Waals surface area contributed by atoms with Crippen LogP contribution in [0.15, 0.2) is 23.4 Å². The Hall–Kier alpha value is -1.89. The van der Waals surface area contributed by atoms with Gasteiger partial charge in [0.05, 0.1) is 17.3 Å². The van der Waals surface area contributed by atoms with Gasteiger partial charge in [-0.2, -0.15) is 5.26 Å². The summed E-state index contributed by atoms with van der Waals surface area (Å²) in [7, 11) is 0. The van der Waals surface area contributed by atoms with Crippen LogP contribution in [-0.2, 0) is 0 Å². The molecule has 0 saturated carbocycles. The summed E-state index contributed by atoms with van der Waals surface area (Å²) in [6.07, 6.45) is 0.971. The molecule has 1 aromatic rings. The van der Waals surface area contributed by atoms with Crippen molar-refractivity contribution >= 4 is 11.4 Å². The third-order valence-corrected chi connectivity index (χ3v) is 1.79. The standard InChI is InChI=1S/C10H11N3O/c1-2-5-12-9-4-3-8(7-11)6-10(9)13-14/h3-4,6,12H,2,5H2,1H3. The van der Waals surface area contributed by atoms with Crippen LogP contribution in [0.4, 0.5) is 11.4 Å². The van der Waals surface area contributed by atoms with Crippen LogP contribution in [0, 0.1) is 16.2 Å². The fraction of sp³-hybridized carbons (Fsp3) is 0.300. The fourth-order valence-corrected chi connectivity index (χ4v) is 1.09. The minimum Gasteiger partial charge on any atom is -0.383 e. The van der Waals surface area contributed by atoms with Crippen LogP contribution in [0.5, 0.6) is 0 Å². The minimum absolute atomic E-state index is 0.289. The van der Waals surface area contributed by atoms with E-state index in [1.165, 1.54) is 6.07 Å². The molecule has 0 spiro atoms. The van der Waals surface area contributed by atoms with E-state index in [1.54, 1.807) is 12.1 Å². The first kappa shape index (κ1) is 10.2. The Morgan fingerprint density at radius 1 is 1.57 bits per heavy atom. The number of nitroso groups, excluding NO2 is 1. The monoisotopic (exact) mass is 189 g/mol. The molecule has 72 valence electrons. The average molecular weight is 189 g/mol. The largest absolute Gasteiger partial charge is 0.383 e. The number of nitrogens with one attached hydrogen (secondary N) is 1. The van der Waals surface area contributed by atoms with Crippen molar-refractivity contribution in [3.8, 4) is 6.07 Å². The zero-order valence-corrected chi connectivity index (χ0v) is 7.95. The summed E-state index contributed by atoms with van der Waals surface area (Å²) in [5.74, 6) is 0. The Labute approximate surface area is 82.5 Å². The van der Waals surface area contributed by atoms with Gasteiger partial charge in [0.25, 0.3) is 0 Å². The van der Waals surface area contributed by atoms with Crippen LogP contribution in [0.2, 0.25) is 0 Å². The van der Waals surface area contributed by atoms with E-state index in [-0.39, 0.29) is 5.69 Å². The molecule has 4 nitrogen and oxygen atoms in total. The number of anilines is 1. The van der Waals surface area contributed by atoms with Gasteiger partial charge >= 0.3 is 0 Å². The van der Waals surface area contributed by atoms with Crippen LogP contribution in [0.3, 0.4) is 0 Å². The average Bonchev–Trinajstić information content (AvgIpc) is 2.26. The van der Waals surface area contributed by atoms with E-state index in [4.69, 9.17) is 5.26 Å². The molecular formula is C10H11N3O. The van der Waals surface area contributed by atoms with Crippen molar-refractivity contribution in [1.29, 1.82) is 5.26 Å². The highest BCUT2D eigenvalue weighted by molar-refractivity contribution is 5.67. The highest BCUT2D eigenvalue weighted by Crippen LogP contribution is 2.25. The summed E-state index contributed by atoms with van der Waals surface area (Å²) in [5.41, 5.74) is 1.42. The van der Waals surface area contributed by atoms with Crippen molar-refractivity contribution in [1.82, 2.24) is 0 Å². The molecule has 1 rings (SSSR count). The van der Waals surface area contributed by atoms with Crippen molar-refractivity contribution < 1.29 is 0 Å². The van der Waals surface area contributed by atoms with Crippen molar-refractivity contribution in [2.45, 2.75) is 13.3 Å². The maximum atomic E-state index is 10.5. The Morgan fingerprint density at radius 2 is 2.36 bits per heavy atom. The van der Waals surface area contributed by atoms with E-state index in [9.17, 15) is 4.91 Å². The van der Waals surface area contributed by atoms with Gasteiger partial charge in [0.2, 0.25) is 0 Å². The number of nitrogens with zero attached hydrogens (tertiary/aromatic N) is 2. The van der Waals surface area contributed by atoms with Gasteiger partial charge in [-0.15, -0.1) is 4.91 Å². The summed E-state index contributed by atoms with van der Waals surface area (Å²) in [6, 6.07) is 6.79. The second-order valence-corrected chi connectivity index (χ2v) is 2.86. The lowest BCUT2D eigenvalue weighted by molar-refractivity contribution is 0.979. The molecule has 1 N–H and O–H groups in total. The SMILES string of the molecule is CCCNc1ccc(C#N)cc1N=O. The molecule has 0 radical (unpaired) electrons. The topological polar surface area (TPSA) is 65.2 Å². The van der Waals surface area contributed by atoms with Gasteiger partial charge in [0.15, 0.2) is 0 Å². The van der Waals surface area contributed by atoms with Crippen molar-refractivity contribution in [3.63, 3.8) is 0 Å². The van der Waals surface area contributed by atoms with E-state index in [2.05, 4.69) is 10.5 Å². The molecule has 0 saturated heterocycles. The molecule has 0 heterocycles. The zero-order valence-electron chi connectivity index (χ0n) is 7.95. The maximum Gasteiger partial charge on any atom is 0.132 e. The van der Waals surface area contributed by atoms with Gasteiger partial charge in [-0.3, -0.25) is 0 Å². The summed E-state index contributed by atoms with van der Waals surface area (Å²) in [5, 5.41) is 14.5. The smallest absolute Gasteiger partial charge is 0.132 e.